The predicted octanol–water partition coefficient (Wildman–Crippen LogP) is 3.10. The van der Waals surface area contributed by atoms with Gasteiger partial charge in [0.05, 0.1) is 23.1 Å². The fourth-order valence-electron chi connectivity index (χ4n) is 1.77. The number of hydrogen-bond acceptors (Lipinski definition) is 4. The van der Waals surface area contributed by atoms with Crippen LogP contribution in [-0.4, -0.2) is 7.11 Å². The summed E-state index contributed by atoms with van der Waals surface area (Å²) >= 11 is 7.23. The third-order valence-corrected chi connectivity index (χ3v) is 3.86. The average Bonchev–Trinajstić information content (AvgIpc) is 2.78. The van der Waals surface area contributed by atoms with Crippen molar-refractivity contribution in [3.63, 3.8) is 0 Å². The zero-order valence-electron chi connectivity index (χ0n) is 9.61. The molecule has 1 heterocycles. The first kappa shape index (κ1) is 13.3. The fraction of sp³-hybridized carbons (Fsp3) is 0.167. The van der Waals surface area contributed by atoms with E-state index in [-0.39, 0.29) is 5.82 Å². The third-order valence-electron chi connectivity index (χ3n) is 2.57. The largest absolute Gasteiger partial charge is 0.496 e. The number of halogens is 2. The maximum Gasteiger partial charge on any atom is 0.132 e. The first-order valence-electron chi connectivity index (χ1n) is 5.21. The predicted molar refractivity (Wildman–Crippen MR) is 71.4 cm³/mol. The lowest BCUT2D eigenvalue weighted by molar-refractivity contribution is 0.397. The molecule has 0 saturated heterocycles. The van der Waals surface area contributed by atoms with Crippen LogP contribution in [0.15, 0.2) is 30.3 Å². The summed E-state index contributed by atoms with van der Waals surface area (Å²) in [7, 11) is 1.49. The smallest absolute Gasteiger partial charge is 0.132 e. The van der Waals surface area contributed by atoms with Crippen LogP contribution in [0.5, 0.6) is 5.75 Å². The van der Waals surface area contributed by atoms with Crippen molar-refractivity contribution in [2.75, 3.05) is 7.11 Å². The molecule has 0 radical (unpaired) electrons. The van der Waals surface area contributed by atoms with Crippen LogP contribution in [-0.2, 0) is 0 Å². The van der Waals surface area contributed by atoms with Crippen molar-refractivity contribution in [1.29, 1.82) is 0 Å². The minimum atomic E-state index is -0.487. The molecule has 1 aromatic carbocycles. The maximum absolute atomic E-state index is 14.0. The summed E-state index contributed by atoms with van der Waals surface area (Å²) < 4.78 is 19.8. The Balaban J connectivity index is 2.51. The highest BCUT2D eigenvalue weighted by molar-refractivity contribution is 7.16. The van der Waals surface area contributed by atoms with Gasteiger partial charge < -0.3 is 4.74 Å². The Hall–Kier alpha value is -1.14. The van der Waals surface area contributed by atoms with Gasteiger partial charge in [-0.2, -0.15) is 0 Å². The quantitative estimate of drug-likeness (QED) is 0.671. The van der Waals surface area contributed by atoms with E-state index >= 15 is 0 Å². The molecule has 3 N–H and O–H groups in total. The van der Waals surface area contributed by atoms with Crippen molar-refractivity contribution in [2.24, 2.45) is 5.84 Å². The topological polar surface area (TPSA) is 47.3 Å². The Morgan fingerprint density at radius 3 is 2.72 bits per heavy atom. The summed E-state index contributed by atoms with van der Waals surface area (Å²) in [5, 5.41) is 0. The van der Waals surface area contributed by atoms with Gasteiger partial charge in [0.25, 0.3) is 0 Å². The molecule has 6 heteroatoms. The van der Waals surface area contributed by atoms with Gasteiger partial charge in [-0.3, -0.25) is 5.84 Å². The molecule has 0 amide bonds. The van der Waals surface area contributed by atoms with E-state index in [1.807, 2.05) is 6.07 Å². The molecule has 1 atom stereocenters. The van der Waals surface area contributed by atoms with Gasteiger partial charge in [-0.15, -0.1) is 11.3 Å². The summed E-state index contributed by atoms with van der Waals surface area (Å²) in [6.45, 7) is 0. The average molecular weight is 287 g/mol. The first-order chi connectivity index (χ1) is 8.67. The molecular weight excluding hydrogens is 275 g/mol. The number of thiophene rings is 1. The van der Waals surface area contributed by atoms with Gasteiger partial charge in [0.2, 0.25) is 0 Å². The highest BCUT2D eigenvalue weighted by atomic mass is 35.5. The zero-order valence-corrected chi connectivity index (χ0v) is 11.2. The molecule has 1 aromatic heterocycles. The van der Waals surface area contributed by atoms with Crippen LogP contribution >= 0.6 is 22.9 Å². The molecule has 0 aliphatic carbocycles. The molecule has 0 fully saturated rings. The van der Waals surface area contributed by atoms with E-state index in [1.165, 1.54) is 24.5 Å². The second-order valence-corrected chi connectivity index (χ2v) is 5.34. The molecule has 96 valence electrons. The Kier molecular flexibility index (Phi) is 4.19. The minimum absolute atomic E-state index is 0.373. The molecule has 2 aromatic rings. The summed E-state index contributed by atoms with van der Waals surface area (Å²) in [6, 6.07) is 7.73. The van der Waals surface area contributed by atoms with Gasteiger partial charge >= 0.3 is 0 Å². The van der Waals surface area contributed by atoms with Crippen molar-refractivity contribution in [2.45, 2.75) is 6.04 Å². The number of methoxy groups -OCH3 is 1. The van der Waals surface area contributed by atoms with E-state index in [0.29, 0.717) is 15.6 Å². The number of nitrogens with two attached hydrogens (primary N) is 1. The molecule has 1 unspecified atom stereocenters. The number of ether oxygens (including phenoxy) is 1. The van der Waals surface area contributed by atoms with E-state index in [1.54, 1.807) is 18.2 Å². The van der Waals surface area contributed by atoms with Gasteiger partial charge in [-0.1, -0.05) is 17.7 Å². The van der Waals surface area contributed by atoms with Crippen LogP contribution < -0.4 is 16.0 Å². The number of hydrazine groups is 1. The van der Waals surface area contributed by atoms with Crippen LogP contribution in [0.4, 0.5) is 4.39 Å². The molecule has 18 heavy (non-hydrogen) atoms. The Labute approximate surface area is 113 Å². The lowest BCUT2D eigenvalue weighted by Gasteiger charge is -2.18. The van der Waals surface area contributed by atoms with Crippen LogP contribution in [0, 0.1) is 5.82 Å². The second-order valence-electron chi connectivity index (χ2n) is 3.60. The van der Waals surface area contributed by atoms with Crippen molar-refractivity contribution in [3.05, 3.63) is 50.9 Å². The Bertz CT molecular complexity index is 547. The van der Waals surface area contributed by atoms with Gasteiger partial charge in [0.1, 0.15) is 11.6 Å². The zero-order chi connectivity index (χ0) is 13.1. The molecule has 0 spiro atoms. The van der Waals surface area contributed by atoms with Gasteiger partial charge in [0, 0.05) is 4.88 Å². The Morgan fingerprint density at radius 2 is 2.17 bits per heavy atom. The molecule has 0 bridgehead atoms. The highest BCUT2D eigenvalue weighted by Crippen LogP contribution is 2.36. The van der Waals surface area contributed by atoms with Crippen LogP contribution in [0.2, 0.25) is 4.34 Å². The van der Waals surface area contributed by atoms with E-state index in [9.17, 15) is 4.39 Å². The lowest BCUT2D eigenvalue weighted by Crippen LogP contribution is -2.29. The summed E-state index contributed by atoms with van der Waals surface area (Å²) in [5.74, 6) is 5.60. The van der Waals surface area contributed by atoms with Crippen molar-refractivity contribution < 1.29 is 9.13 Å². The number of benzene rings is 1. The lowest BCUT2D eigenvalue weighted by atomic mass is 10.0. The highest BCUT2D eigenvalue weighted by Gasteiger charge is 2.22. The van der Waals surface area contributed by atoms with E-state index < -0.39 is 6.04 Å². The van der Waals surface area contributed by atoms with Gasteiger partial charge in [-0.05, 0) is 24.3 Å². The normalized spacial score (nSPS) is 12.4. The monoisotopic (exact) mass is 286 g/mol. The van der Waals surface area contributed by atoms with Crippen LogP contribution in [0.3, 0.4) is 0 Å². The Morgan fingerprint density at radius 1 is 1.39 bits per heavy atom. The van der Waals surface area contributed by atoms with E-state index in [2.05, 4.69) is 5.43 Å². The van der Waals surface area contributed by atoms with Crippen molar-refractivity contribution in [1.82, 2.24) is 5.43 Å². The number of hydrogen-bond donors (Lipinski definition) is 2. The molecule has 2 rings (SSSR count). The molecule has 3 nitrogen and oxygen atoms in total. The standard InChI is InChI=1S/C12H12ClFN2OS/c1-17-8-4-2-3-7(14)11(8)12(16-15)9-5-6-10(13)18-9/h2-6,12,16H,15H2,1H3. The summed E-state index contributed by atoms with van der Waals surface area (Å²) in [6.07, 6.45) is 0. The summed E-state index contributed by atoms with van der Waals surface area (Å²) in [4.78, 5) is 0.825. The third kappa shape index (κ3) is 2.49. The summed E-state index contributed by atoms with van der Waals surface area (Å²) in [5.41, 5.74) is 2.97. The van der Waals surface area contributed by atoms with Crippen LogP contribution in [0.25, 0.3) is 0 Å². The molecule has 0 saturated carbocycles. The molecule has 0 aliphatic rings. The van der Waals surface area contributed by atoms with E-state index in [0.717, 1.165) is 4.88 Å². The van der Waals surface area contributed by atoms with Gasteiger partial charge in [-0.25, -0.2) is 9.82 Å². The van der Waals surface area contributed by atoms with Crippen molar-refractivity contribution >= 4 is 22.9 Å². The molecular formula is C12H12ClFN2OS. The first-order valence-corrected chi connectivity index (χ1v) is 6.40. The number of nitrogens with one attached hydrogen (secondary N) is 1. The van der Waals surface area contributed by atoms with Gasteiger partial charge in [0.15, 0.2) is 0 Å². The van der Waals surface area contributed by atoms with Crippen molar-refractivity contribution in [3.8, 4) is 5.75 Å². The number of rotatable bonds is 4. The SMILES string of the molecule is COc1cccc(F)c1C(NN)c1ccc(Cl)s1. The van der Waals surface area contributed by atoms with Crippen LogP contribution in [0.1, 0.15) is 16.5 Å². The minimum Gasteiger partial charge on any atom is -0.496 e. The fourth-order valence-corrected chi connectivity index (χ4v) is 2.90. The maximum atomic E-state index is 14.0. The van der Waals surface area contributed by atoms with E-state index in [4.69, 9.17) is 22.2 Å². The molecule has 0 aliphatic heterocycles. The second kappa shape index (κ2) is 5.67.